The standard InChI is InChI=1S/C14H12Cl2O3S/c1-9-3-4-10(2)13(7-9)19-20(17,18)14-8-11(15)5-6-12(14)16/h3-8H,1-2H3. The highest BCUT2D eigenvalue weighted by Gasteiger charge is 2.21. The molecule has 0 N–H and O–H groups in total. The third kappa shape index (κ3) is 3.26. The van der Waals surface area contributed by atoms with Gasteiger partial charge in [0.15, 0.2) is 0 Å². The minimum atomic E-state index is -4.02. The fourth-order valence-electron chi connectivity index (χ4n) is 1.63. The van der Waals surface area contributed by atoms with Crippen molar-refractivity contribution in [2.24, 2.45) is 0 Å². The molecule has 0 aliphatic heterocycles. The Morgan fingerprint density at radius 1 is 1.00 bits per heavy atom. The number of rotatable bonds is 3. The van der Waals surface area contributed by atoms with Crippen molar-refractivity contribution in [2.45, 2.75) is 18.7 Å². The summed E-state index contributed by atoms with van der Waals surface area (Å²) in [5.74, 6) is 0.279. The van der Waals surface area contributed by atoms with Gasteiger partial charge in [-0.2, -0.15) is 8.42 Å². The van der Waals surface area contributed by atoms with Crippen LogP contribution in [0.4, 0.5) is 0 Å². The first-order valence-corrected chi connectivity index (χ1v) is 7.93. The molecule has 2 aromatic rings. The molecule has 0 fully saturated rings. The van der Waals surface area contributed by atoms with Crippen LogP contribution < -0.4 is 4.18 Å². The summed E-state index contributed by atoms with van der Waals surface area (Å²) in [4.78, 5) is -0.146. The Bertz CT molecular complexity index is 755. The predicted octanol–water partition coefficient (Wildman–Crippen LogP) is 4.38. The summed E-state index contributed by atoms with van der Waals surface area (Å²) in [7, 11) is -4.02. The van der Waals surface area contributed by atoms with E-state index < -0.39 is 10.1 Å². The lowest BCUT2D eigenvalue weighted by Crippen LogP contribution is -2.11. The Balaban J connectivity index is 2.46. The lowest BCUT2D eigenvalue weighted by atomic mass is 10.1. The van der Waals surface area contributed by atoms with Gasteiger partial charge in [0.1, 0.15) is 10.6 Å². The normalized spacial score (nSPS) is 11.4. The second kappa shape index (κ2) is 5.64. The average Bonchev–Trinajstić information content (AvgIpc) is 2.36. The maximum absolute atomic E-state index is 12.3. The van der Waals surface area contributed by atoms with Crippen molar-refractivity contribution in [3.8, 4) is 5.75 Å². The topological polar surface area (TPSA) is 43.4 Å². The first-order valence-electron chi connectivity index (χ1n) is 5.76. The van der Waals surface area contributed by atoms with Gasteiger partial charge in [-0.15, -0.1) is 0 Å². The molecule has 6 heteroatoms. The van der Waals surface area contributed by atoms with Crippen LogP contribution in [0.5, 0.6) is 5.75 Å². The van der Waals surface area contributed by atoms with Gasteiger partial charge in [-0.1, -0.05) is 35.3 Å². The summed E-state index contributed by atoms with van der Waals surface area (Å²) < 4.78 is 29.7. The Morgan fingerprint density at radius 3 is 2.40 bits per heavy atom. The number of benzene rings is 2. The number of hydrogen-bond donors (Lipinski definition) is 0. The van der Waals surface area contributed by atoms with Crippen LogP contribution >= 0.6 is 23.2 Å². The number of aryl methyl sites for hydroxylation is 2. The van der Waals surface area contributed by atoms with Gasteiger partial charge in [-0.3, -0.25) is 0 Å². The third-order valence-electron chi connectivity index (χ3n) is 2.71. The van der Waals surface area contributed by atoms with E-state index in [4.69, 9.17) is 27.4 Å². The van der Waals surface area contributed by atoms with E-state index in [-0.39, 0.29) is 20.7 Å². The van der Waals surface area contributed by atoms with Crippen molar-refractivity contribution in [1.29, 1.82) is 0 Å². The zero-order chi connectivity index (χ0) is 14.9. The fraction of sp³-hybridized carbons (Fsp3) is 0.143. The Morgan fingerprint density at radius 2 is 1.70 bits per heavy atom. The van der Waals surface area contributed by atoms with Crippen LogP contribution in [0.1, 0.15) is 11.1 Å². The van der Waals surface area contributed by atoms with Crippen molar-refractivity contribution >= 4 is 33.3 Å². The fourth-order valence-corrected chi connectivity index (χ4v) is 3.35. The van der Waals surface area contributed by atoms with Crippen LogP contribution in [0.25, 0.3) is 0 Å². The van der Waals surface area contributed by atoms with Crippen LogP contribution in [-0.4, -0.2) is 8.42 Å². The van der Waals surface area contributed by atoms with Gasteiger partial charge in [0.25, 0.3) is 0 Å². The molecule has 0 amide bonds. The van der Waals surface area contributed by atoms with Gasteiger partial charge in [-0.25, -0.2) is 0 Å². The molecule has 0 heterocycles. The van der Waals surface area contributed by atoms with Crippen molar-refractivity contribution in [3.05, 3.63) is 57.6 Å². The Labute approximate surface area is 128 Å². The van der Waals surface area contributed by atoms with E-state index in [9.17, 15) is 8.42 Å². The first kappa shape index (κ1) is 15.2. The lowest BCUT2D eigenvalue weighted by Gasteiger charge is -2.11. The van der Waals surface area contributed by atoms with Gasteiger partial charge in [-0.05, 0) is 49.2 Å². The molecule has 0 atom stereocenters. The molecule has 0 bridgehead atoms. The molecule has 0 aliphatic rings. The van der Waals surface area contributed by atoms with E-state index in [1.807, 2.05) is 13.0 Å². The molecular formula is C14H12Cl2O3S. The molecule has 3 nitrogen and oxygen atoms in total. The van der Waals surface area contributed by atoms with Gasteiger partial charge < -0.3 is 4.18 Å². The third-order valence-corrected chi connectivity index (χ3v) is 4.66. The number of hydrogen-bond acceptors (Lipinski definition) is 3. The summed E-state index contributed by atoms with van der Waals surface area (Å²) in [6.07, 6.45) is 0. The highest BCUT2D eigenvalue weighted by molar-refractivity contribution is 7.87. The molecular weight excluding hydrogens is 319 g/mol. The maximum Gasteiger partial charge on any atom is 0.340 e. The quantitative estimate of drug-likeness (QED) is 0.784. The second-order valence-electron chi connectivity index (χ2n) is 4.38. The SMILES string of the molecule is Cc1ccc(C)c(OS(=O)(=O)c2cc(Cl)ccc2Cl)c1. The molecule has 2 rings (SSSR count). The second-order valence-corrected chi connectivity index (χ2v) is 6.74. The van der Waals surface area contributed by atoms with Crippen LogP contribution in [0.3, 0.4) is 0 Å². The minimum absolute atomic E-state index is 0.0692. The van der Waals surface area contributed by atoms with Gasteiger partial charge in [0.2, 0.25) is 0 Å². The van der Waals surface area contributed by atoms with Crippen LogP contribution in [0.15, 0.2) is 41.3 Å². The highest BCUT2D eigenvalue weighted by Crippen LogP contribution is 2.29. The summed E-state index contributed by atoms with van der Waals surface area (Å²) in [5, 5.41) is 0.345. The van der Waals surface area contributed by atoms with Crippen molar-refractivity contribution < 1.29 is 12.6 Å². The number of halogens is 2. The summed E-state index contributed by atoms with van der Waals surface area (Å²) in [5.41, 5.74) is 1.62. The molecule has 2 aromatic carbocycles. The zero-order valence-electron chi connectivity index (χ0n) is 10.9. The average molecular weight is 331 g/mol. The largest absolute Gasteiger partial charge is 0.379 e. The van der Waals surface area contributed by atoms with E-state index >= 15 is 0 Å². The molecule has 0 spiro atoms. The van der Waals surface area contributed by atoms with Gasteiger partial charge in [0.05, 0.1) is 5.02 Å². The summed E-state index contributed by atoms with van der Waals surface area (Å²) in [6, 6.07) is 9.53. The van der Waals surface area contributed by atoms with Crippen molar-refractivity contribution in [3.63, 3.8) is 0 Å². The molecule has 0 saturated carbocycles. The first-order chi connectivity index (χ1) is 9.29. The van der Waals surface area contributed by atoms with E-state index in [1.165, 1.54) is 18.2 Å². The maximum atomic E-state index is 12.3. The van der Waals surface area contributed by atoms with Crippen LogP contribution in [0.2, 0.25) is 10.0 Å². The Hall–Kier alpha value is -1.23. The summed E-state index contributed by atoms with van der Waals surface area (Å²) >= 11 is 11.7. The van der Waals surface area contributed by atoms with Gasteiger partial charge >= 0.3 is 10.1 Å². The molecule has 0 saturated heterocycles. The molecule has 0 radical (unpaired) electrons. The monoisotopic (exact) mass is 330 g/mol. The molecule has 0 unspecified atom stereocenters. The smallest absolute Gasteiger partial charge is 0.340 e. The molecule has 106 valence electrons. The van der Waals surface area contributed by atoms with E-state index in [2.05, 4.69) is 0 Å². The van der Waals surface area contributed by atoms with Crippen molar-refractivity contribution in [1.82, 2.24) is 0 Å². The molecule has 0 aliphatic carbocycles. The van der Waals surface area contributed by atoms with E-state index in [0.29, 0.717) is 0 Å². The highest BCUT2D eigenvalue weighted by atomic mass is 35.5. The van der Waals surface area contributed by atoms with E-state index in [1.54, 1.807) is 19.1 Å². The zero-order valence-corrected chi connectivity index (χ0v) is 13.2. The van der Waals surface area contributed by atoms with Gasteiger partial charge in [0, 0.05) is 5.02 Å². The minimum Gasteiger partial charge on any atom is -0.379 e. The van der Waals surface area contributed by atoms with Crippen molar-refractivity contribution in [2.75, 3.05) is 0 Å². The summed E-state index contributed by atoms with van der Waals surface area (Å²) in [6.45, 7) is 3.62. The Kier molecular flexibility index (Phi) is 4.28. The predicted molar refractivity (Wildman–Crippen MR) is 80.2 cm³/mol. The van der Waals surface area contributed by atoms with E-state index in [0.717, 1.165) is 11.1 Å². The van der Waals surface area contributed by atoms with Crippen LogP contribution in [-0.2, 0) is 10.1 Å². The molecule has 20 heavy (non-hydrogen) atoms. The lowest BCUT2D eigenvalue weighted by molar-refractivity contribution is 0.484. The molecule has 0 aromatic heterocycles. The van der Waals surface area contributed by atoms with Crippen LogP contribution in [0, 0.1) is 13.8 Å².